The first-order valence-corrected chi connectivity index (χ1v) is 8.40. The molecule has 24 heavy (non-hydrogen) atoms. The maximum Gasteiger partial charge on any atom is 0.191 e. The van der Waals surface area contributed by atoms with E-state index in [0.29, 0.717) is 18.4 Å². The molecular weight excluding hydrogens is 309 g/mol. The van der Waals surface area contributed by atoms with E-state index in [-0.39, 0.29) is 17.7 Å². The van der Waals surface area contributed by atoms with E-state index >= 15 is 0 Å². The largest absolute Gasteiger partial charge is 0.494 e. The van der Waals surface area contributed by atoms with Gasteiger partial charge in [-0.15, -0.1) is 0 Å². The third kappa shape index (κ3) is 6.74. The Hall–Kier alpha value is -1.82. The second-order valence-electron chi connectivity index (χ2n) is 5.85. The minimum atomic E-state index is -0.365. The van der Waals surface area contributed by atoms with E-state index in [9.17, 15) is 4.39 Å². The van der Waals surface area contributed by atoms with E-state index < -0.39 is 0 Å². The summed E-state index contributed by atoms with van der Waals surface area (Å²) < 4.78 is 24.3. The molecule has 5 nitrogen and oxygen atoms in total. The molecule has 0 amide bonds. The summed E-state index contributed by atoms with van der Waals surface area (Å²) in [6, 6.07) is 4.91. The Morgan fingerprint density at radius 3 is 2.58 bits per heavy atom. The average molecular weight is 339 g/mol. The number of guanidine groups is 1. The number of nitrogens with one attached hydrogen (secondary N) is 2. The minimum Gasteiger partial charge on any atom is -0.494 e. The first kappa shape index (κ1) is 20.2. The molecule has 0 saturated carbocycles. The average Bonchev–Trinajstić information content (AvgIpc) is 2.56. The highest BCUT2D eigenvalue weighted by Crippen LogP contribution is 2.17. The van der Waals surface area contributed by atoms with Crippen LogP contribution in [0.4, 0.5) is 4.39 Å². The number of methoxy groups -OCH3 is 1. The topological polar surface area (TPSA) is 54.9 Å². The smallest absolute Gasteiger partial charge is 0.191 e. The molecule has 0 aromatic heterocycles. The summed E-state index contributed by atoms with van der Waals surface area (Å²) in [6.07, 6.45) is 1.14. The van der Waals surface area contributed by atoms with Gasteiger partial charge in [0.2, 0.25) is 0 Å². The van der Waals surface area contributed by atoms with E-state index in [1.165, 1.54) is 13.2 Å². The van der Waals surface area contributed by atoms with Crippen molar-refractivity contribution in [1.82, 2.24) is 10.6 Å². The van der Waals surface area contributed by atoms with Crippen molar-refractivity contribution in [1.29, 1.82) is 0 Å². The fraction of sp³-hybridized carbons (Fsp3) is 0.611. The molecule has 0 saturated heterocycles. The van der Waals surface area contributed by atoms with Gasteiger partial charge in [0.1, 0.15) is 0 Å². The Morgan fingerprint density at radius 1 is 1.29 bits per heavy atom. The molecule has 6 heteroatoms. The number of ether oxygens (including phenoxy) is 2. The van der Waals surface area contributed by atoms with Crippen LogP contribution < -0.4 is 15.4 Å². The second-order valence-corrected chi connectivity index (χ2v) is 5.85. The summed E-state index contributed by atoms with van der Waals surface area (Å²) in [6.45, 7) is 8.30. The van der Waals surface area contributed by atoms with Crippen molar-refractivity contribution in [3.63, 3.8) is 0 Å². The summed E-state index contributed by atoms with van der Waals surface area (Å²) in [5.74, 6) is 1.04. The second kappa shape index (κ2) is 10.9. The van der Waals surface area contributed by atoms with Crippen LogP contribution in [0.3, 0.4) is 0 Å². The lowest BCUT2D eigenvalue weighted by Crippen LogP contribution is -2.38. The van der Waals surface area contributed by atoms with E-state index in [0.717, 1.165) is 25.1 Å². The van der Waals surface area contributed by atoms with Crippen LogP contribution in [-0.4, -0.2) is 39.4 Å². The normalized spacial score (nSPS) is 13.0. The highest BCUT2D eigenvalue weighted by atomic mass is 19.1. The molecular formula is C18H30FN3O2. The monoisotopic (exact) mass is 339 g/mol. The summed E-state index contributed by atoms with van der Waals surface area (Å²) >= 11 is 0. The number of aliphatic imine (C=N–C) groups is 1. The fourth-order valence-electron chi connectivity index (χ4n) is 2.38. The number of benzene rings is 1. The zero-order valence-electron chi connectivity index (χ0n) is 15.4. The van der Waals surface area contributed by atoms with E-state index in [2.05, 4.69) is 29.5 Å². The van der Waals surface area contributed by atoms with Crippen LogP contribution in [0.25, 0.3) is 0 Å². The van der Waals surface area contributed by atoms with E-state index in [1.807, 2.05) is 13.0 Å². The molecule has 0 spiro atoms. The van der Waals surface area contributed by atoms with Crippen molar-refractivity contribution in [3.8, 4) is 5.75 Å². The summed E-state index contributed by atoms with van der Waals surface area (Å²) in [5, 5.41) is 6.44. The van der Waals surface area contributed by atoms with E-state index in [4.69, 9.17) is 9.47 Å². The summed E-state index contributed by atoms with van der Waals surface area (Å²) in [4.78, 5) is 4.18. The van der Waals surface area contributed by atoms with Crippen LogP contribution >= 0.6 is 0 Å². The molecule has 0 heterocycles. The molecule has 0 radical (unpaired) electrons. The van der Waals surface area contributed by atoms with Crippen molar-refractivity contribution >= 4 is 5.96 Å². The molecule has 0 aliphatic rings. The molecule has 0 fully saturated rings. The van der Waals surface area contributed by atoms with Crippen LogP contribution in [0.1, 0.15) is 32.8 Å². The van der Waals surface area contributed by atoms with Gasteiger partial charge in [-0.05, 0) is 37.0 Å². The lowest BCUT2D eigenvalue weighted by molar-refractivity contribution is 0.0258. The fourth-order valence-corrected chi connectivity index (χ4v) is 2.38. The zero-order chi connectivity index (χ0) is 17.9. The van der Waals surface area contributed by atoms with Gasteiger partial charge >= 0.3 is 0 Å². The van der Waals surface area contributed by atoms with Crippen LogP contribution in [0.15, 0.2) is 23.2 Å². The lowest BCUT2D eigenvalue weighted by atomic mass is 10.0. The molecule has 136 valence electrons. The molecule has 1 atom stereocenters. The Kier molecular flexibility index (Phi) is 9.15. The SMILES string of the molecule is CCOC(CCNC(=NC)NCc1ccc(OC)c(F)c1)C(C)C. The zero-order valence-corrected chi connectivity index (χ0v) is 15.4. The molecule has 0 bridgehead atoms. The van der Waals surface area contributed by atoms with E-state index in [1.54, 1.807) is 13.1 Å². The maximum atomic E-state index is 13.7. The van der Waals surface area contributed by atoms with Crippen molar-refractivity contribution in [2.45, 2.75) is 39.8 Å². The van der Waals surface area contributed by atoms with Gasteiger partial charge < -0.3 is 20.1 Å². The summed E-state index contributed by atoms with van der Waals surface area (Å²) in [7, 11) is 3.17. The van der Waals surface area contributed by atoms with Gasteiger partial charge in [0, 0.05) is 26.7 Å². The summed E-state index contributed by atoms with van der Waals surface area (Å²) in [5.41, 5.74) is 0.825. The van der Waals surface area contributed by atoms with Crippen molar-refractivity contribution < 1.29 is 13.9 Å². The van der Waals surface area contributed by atoms with Gasteiger partial charge in [-0.1, -0.05) is 19.9 Å². The van der Waals surface area contributed by atoms with Crippen molar-refractivity contribution in [2.24, 2.45) is 10.9 Å². The van der Waals surface area contributed by atoms with Crippen molar-refractivity contribution in [2.75, 3.05) is 27.3 Å². The Morgan fingerprint density at radius 2 is 2.04 bits per heavy atom. The molecule has 1 aromatic carbocycles. The van der Waals surface area contributed by atoms with Crippen LogP contribution in [0.2, 0.25) is 0 Å². The molecule has 0 aliphatic carbocycles. The predicted octanol–water partition coefficient (Wildman–Crippen LogP) is 2.95. The molecule has 2 N–H and O–H groups in total. The quantitative estimate of drug-likeness (QED) is 0.536. The van der Waals surface area contributed by atoms with Crippen LogP contribution in [0.5, 0.6) is 5.75 Å². The van der Waals surface area contributed by atoms with Gasteiger partial charge in [0.05, 0.1) is 13.2 Å². The molecule has 0 aliphatic heterocycles. The first-order valence-electron chi connectivity index (χ1n) is 8.40. The minimum absolute atomic E-state index is 0.233. The standard InChI is InChI=1S/C18H30FN3O2/c1-6-24-16(13(2)3)9-10-21-18(20-4)22-12-14-7-8-17(23-5)15(19)11-14/h7-8,11,13,16H,6,9-10,12H2,1-5H3,(H2,20,21,22). The van der Waals surface area contributed by atoms with Crippen molar-refractivity contribution in [3.05, 3.63) is 29.6 Å². The molecule has 1 rings (SSSR count). The number of halogens is 1. The predicted molar refractivity (Wildman–Crippen MR) is 96.0 cm³/mol. The Bertz CT molecular complexity index is 521. The lowest BCUT2D eigenvalue weighted by Gasteiger charge is -2.21. The van der Waals surface area contributed by atoms with Gasteiger partial charge in [-0.3, -0.25) is 4.99 Å². The Labute approximate surface area is 144 Å². The van der Waals surface area contributed by atoms with Gasteiger partial charge in [0.25, 0.3) is 0 Å². The van der Waals surface area contributed by atoms with Gasteiger partial charge in [-0.2, -0.15) is 0 Å². The number of hydrogen-bond acceptors (Lipinski definition) is 3. The highest BCUT2D eigenvalue weighted by molar-refractivity contribution is 5.79. The number of hydrogen-bond donors (Lipinski definition) is 2. The molecule has 1 unspecified atom stereocenters. The maximum absolute atomic E-state index is 13.7. The third-order valence-corrected chi connectivity index (χ3v) is 3.75. The van der Waals surface area contributed by atoms with Gasteiger partial charge in [0.15, 0.2) is 17.5 Å². The number of rotatable bonds is 9. The number of nitrogens with zero attached hydrogens (tertiary/aromatic N) is 1. The third-order valence-electron chi connectivity index (χ3n) is 3.75. The highest BCUT2D eigenvalue weighted by Gasteiger charge is 2.13. The first-order chi connectivity index (χ1) is 11.5. The Balaban J connectivity index is 2.44. The van der Waals surface area contributed by atoms with Gasteiger partial charge in [-0.25, -0.2) is 4.39 Å². The molecule has 1 aromatic rings. The van der Waals surface area contributed by atoms with Crippen LogP contribution in [0, 0.1) is 11.7 Å². The van der Waals surface area contributed by atoms with Crippen LogP contribution in [-0.2, 0) is 11.3 Å².